The van der Waals surface area contributed by atoms with Gasteiger partial charge < -0.3 is 14.7 Å². The number of amides is 1. The first-order valence-electron chi connectivity index (χ1n) is 5.44. The Balaban J connectivity index is 2.64. The van der Waals surface area contributed by atoms with Crippen LogP contribution in [0.15, 0.2) is 0 Å². The number of terminal acetylenes is 1. The van der Waals surface area contributed by atoms with E-state index in [1.165, 1.54) is 4.90 Å². The molecule has 0 aromatic carbocycles. The molecule has 1 aliphatic heterocycles. The highest BCUT2D eigenvalue weighted by Crippen LogP contribution is 2.22. The molecule has 0 bridgehead atoms. The van der Waals surface area contributed by atoms with E-state index in [0.717, 1.165) is 0 Å². The maximum absolute atomic E-state index is 11.8. The van der Waals surface area contributed by atoms with Crippen LogP contribution in [0, 0.1) is 12.3 Å². The largest absolute Gasteiger partial charge is 0.444 e. The monoisotopic (exact) mass is 225 g/mol. The van der Waals surface area contributed by atoms with Crippen LogP contribution in [0.1, 0.15) is 33.6 Å². The van der Waals surface area contributed by atoms with E-state index in [1.807, 2.05) is 20.8 Å². The molecular formula is C12H19NO3. The van der Waals surface area contributed by atoms with Crippen molar-refractivity contribution in [1.29, 1.82) is 0 Å². The summed E-state index contributed by atoms with van der Waals surface area (Å²) in [7, 11) is 0. The van der Waals surface area contributed by atoms with Crippen molar-refractivity contribution in [3.05, 3.63) is 0 Å². The number of rotatable bonds is 1. The van der Waals surface area contributed by atoms with E-state index >= 15 is 0 Å². The summed E-state index contributed by atoms with van der Waals surface area (Å²) in [4.78, 5) is 13.3. The standard InChI is InChI=1S/C12H19NO3/c1-5-6-9-7-10(14)8-13(9)11(15)16-12(2,3)4/h1,9-10,14H,6-8H2,2-4H3/t9-,10?/m1/s1. The molecule has 0 spiro atoms. The summed E-state index contributed by atoms with van der Waals surface area (Å²) in [6.45, 7) is 5.75. The molecule has 1 heterocycles. The van der Waals surface area contributed by atoms with Crippen molar-refractivity contribution in [2.75, 3.05) is 6.54 Å². The van der Waals surface area contributed by atoms with Gasteiger partial charge in [0, 0.05) is 12.5 Å². The van der Waals surface area contributed by atoms with Gasteiger partial charge in [-0.1, -0.05) is 0 Å². The third-order valence-corrected chi connectivity index (χ3v) is 2.37. The molecule has 1 amide bonds. The normalized spacial score (nSPS) is 25.3. The molecule has 1 saturated heterocycles. The van der Waals surface area contributed by atoms with Crippen molar-refractivity contribution in [3.63, 3.8) is 0 Å². The van der Waals surface area contributed by atoms with E-state index in [0.29, 0.717) is 19.4 Å². The van der Waals surface area contributed by atoms with Gasteiger partial charge in [-0.05, 0) is 27.2 Å². The average molecular weight is 225 g/mol. The molecule has 1 unspecified atom stereocenters. The minimum absolute atomic E-state index is 0.102. The van der Waals surface area contributed by atoms with Gasteiger partial charge in [0.2, 0.25) is 0 Å². The van der Waals surface area contributed by atoms with E-state index in [4.69, 9.17) is 11.2 Å². The van der Waals surface area contributed by atoms with Crippen molar-refractivity contribution in [2.24, 2.45) is 0 Å². The predicted octanol–water partition coefficient (Wildman–Crippen LogP) is 1.38. The Labute approximate surface area is 96.6 Å². The molecule has 16 heavy (non-hydrogen) atoms. The molecule has 4 nitrogen and oxygen atoms in total. The van der Waals surface area contributed by atoms with Crippen molar-refractivity contribution in [1.82, 2.24) is 4.90 Å². The zero-order valence-corrected chi connectivity index (χ0v) is 10.1. The van der Waals surface area contributed by atoms with Crippen LogP contribution in [0.3, 0.4) is 0 Å². The van der Waals surface area contributed by atoms with E-state index in [2.05, 4.69) is 5.92 Å². The van der Waals surface area contributed by atoms with Crippen LogP contribution in [0.25, 0.3) is 0 Å². The third-order valence-electron chi connectivity index (χ3n) is 2.37. The summed E-state index contributed by atoms with van der Waals surface area (Å²) in [6.07, 6.45) is 5.33. The summed E-state index contributed by atoms with van der Waals surface area (Å²) in [5.41, 5.74) is -0.523. The summed E-state index contributed by atoms with van der Waals surface area (Å²) >= 11 is 0. The summed E-state index contributed by atoms with van der Waals surface area (Å²) in [5, 5.41) is 9.53. The molecule has 0 aliphatic carbocycles. The zero-order chi connectivity index (χ0) is 12.3. The number of hydrogen-bond donors (Lipinski definition) is 1. The molecule has 90 valence electrons. The quantitative estimate of drug-likeness (QED) is 0.686. The highest BCUT2D eigenvalue weighted by atomic mass is 16.6. The van der Waals surface area contributed by atoms with Gasteiger partial charge in [-0.25, -0.2) is 4.79 Å². The van der Waals surface area contributed by atoms with Crippen molar-refractivity contribution < 1.29 is 14.6 Å². The highest BCUT2D eigenvalue weighted by Gasteiger charge is 2.36. The van der Waals surface area contributed by atoms with Crippen LogP contribution < -0.4 is 0 Å². The number of hydrogen-bond acceptors (Lipinski definition) is 3. The minimum atomic E-state index is -0.523. The summed E-state index contributed by atoms with van der Waals surface area (Å²) in [6, 6.07) is -0.102. The van der Waals surface area contributed by atoms with Gasteiger partial charge in [0.25, 0.3) is 0 Å². The number of nitrogens with zero attached hydrogens (tertiary/aromatic N) is 1. The second-order valence-electron chi connectivity index (χ2n) is 5.08. The van der Waals surface area contributed by atoms with Crippen LogP contribution >= 0.6 is 0 Å². The fourth-order valence-electron chi connectivity index (χ4n) is 1.77. The van der Waals surface area contributed by atoms with E-state index in [-0.39, 0.29) is 6.04 Å². The smallest absolute Gasteiger partial charge is 0.410 e. The van der Waals surface area contributed by atoms with Crippen molar-refractivity contribution in [2.45, 2.75) is 51.4 Å². The van der Waals surface area contributed by atoms with Crippen LogP contribution in [-0.4, -0.2) is 40.4 Å². The Morgan fingerprint density at radius 1 is 1.62 bits per heavy atom. The van der Waals surface area contributed by atoms with Crippen molar-refractivity contribution >= 4 is 6.09 Å². The van der Waals surface area contributed by atoms with Gasteiger partial charge in [-0.15, -0.1) is 12.3 Å². The van der Waals surface area contributed by atoms with Crippen LogP contribution in [0.2, 0.25) is 0 Å². The number of aliphatic hydroxyl groups excluding tert-OH is 1. The lowest BCUT2D eigenvalue weighted by Crippen LogP contribution is -2.40. The SMILES string of the molecule is C#CC[C@@H]1CC(O)CN1C(=O)OC(C)(C)C. The first-order chi connectivity index (χ1) is 7.33. The summed E-state index contributed by atoms with van der Waals surface area (Å²) in [5.74, 6) is 2.52. The first kappa shape index (κ1) is 12.9. The molecule has 1 fully saturated rings. The molecule has 1 aliphatic rings. The third kappa shape index (κ3) is 3.42. The van der Waals surface area contributed by atoms with E-state index < -0.39 is 17.8 Å². The lowest BCUT2D eigenvalue weighted by atomic mass is 10.1. The number of aliphatic hydroxyl groups is 1. The van der Waals surface area contributed by atoms with Gasteiger partial charge in [0.15, 0.2) is 0 Å². The van der Waals surface area contributed by atoms with E-state index in [1.54, 1.807) is 0 Å². The fourth-order valence-corrected chi connectivity index (χ4v) is 1.77. The Hall–Kier alpha value is -1.21. The predicted molar refractivity (Wildman–Crippen MR) is 60.8 cm³/mol. The second kappa shape index (κ2) is 4.75. The maximum Gasteiger partial charge on any atom is 0.410 e. The average Bonchev–Trinajstić information content (AvgIpc) is 2.44. The van der Waals surface area contributed by atoms with Crippen LogP contribution in [0.5, 0.6) is 0 Å². The van der Waals surface area contributed by atoms with Gasteiger partial charge >= 0.3 is 6.09 Å². The van der Waals surface area contributed by atoms with Gasteiger partial charge in [0.1, 0.15) is 5.60 Å². The number of β-amino-alcohol motifs (C(OH)–C–C–N with tert-alkyl or cyclic N) is 1. The lowest BCUT2D eigenvalue weighted by Gasteiger charge is -2.27. The Morgan fingerprint density at radius 3 is 2.75 bits per heavy atom. The second-order valence-corrected chi connectivity index (χ2v) is 5.08. The summed E-state index contributed by atoms with van der Waals surface area (Å²) < 4.78 is 5.25. The molecule has 1 N–H and O–H groups in total. The molecular weight excluding hydrogens is 206 g/mol. The fraction of sp³-hybridized carbons (Fsp3) is 0.750. The zero-order valence-electron chi connectivity index (χ0n) is 10.1. The highest BCUT2D eigenvalue weighted by molar-refractivity contribution is 5.69. The number of likely N-dealkylation sites (tertiary alicyclic amines) is 1. The molecule has 0 saturated carbocycles. The van der Waals surface area contributed by atoms with Gasteiger partial charge in [-0.2, -0.15) is 0 Å². The lowest BCUT2D eigenvalue weighted by molar-refractivity contribution is 0.0211. The Kier molecular flexibility index (Phi) is 3.82. The first-order valence-corrected chi connectivity index (χ1v) is 5.44. The topological polar surface area (TPSA) is 49.8 Å². The van der Waals surface area contributed by atoms with Gasteiger partial charge in [0.05, 0.1) is 12.6 Å². The van der Waals surface area contributed by atoms with Crippen molar-refractivity contribution in [3.8, 4) is 12.3 Å². The number of ether oxygens (including phenoxy) is 1. The Bertz CT molecular complexity index is 300. The maximum atomic E-state index is 11.8. The minimum Gasteiger partial charge on any atom is -0.444 e. The Morgan fingerprint density at radius 2 is 2.25 bits per heavy atom. The molecule has 0 aromatic heterocycles. The van der Waals surface area contributed by atoms with Crippen LogP contribution in [0.4, 0.5) is 4.79 Å². The molecule has 2 atom stereocenters. The van der Waals surface area contributed by atoms with Crippen LogP contribution in [-0.2, 0) is 4.74 Å². The number of carbonyl (C=O) groups excluding carboxylic acids is 1. The molecule has 0 aromatic rings. The molecule has 4 heteroatoms. The molecule has 0 radical (unpaired) electrons. The molecule has 1 rings (SSSR count). The van der Waals surface area contributed by atoms with E-state index in [9.17, 15) is 9.90 Å². The van der Waals surface area contributed by atoms with Gasteiger partial charge in [-0.3, -0.25) is 0 Å². The number of carbonyl (C=O) groups is 1.